The Morgan fingerprint density at radius 3 is 2.52 bits per heavy atom. The Bertz CT molecular complexity index is 795. The van der Waals surface area contributed by atoms with E-state index in [1.54, 1.807) is 42.5 Å². The number of benzene rings is 2. The highest BCUT2D eigenvalue weighted by Gasteiger charge is 2.14. The summed E-state index contributed by atoms with van der Waals surface area (Å²) in [5.41, 5.74) is 1.63. The van der Waals surface area contributed by atoms with Crippen LogP contribution < -0.4 is 9.47 Å². The minimum atomic E-state index is -3.69. The number of nitrogens with zero attached hydrogens (tertiary/aromatic N) is 1. The average Bonchev–Trinajstić information content (AvgIpc) is 2.93. The highest BCUT2D eigenvalue weighted by Crippen LogP contribution is 2.32. The normalized spacial score (nSPS) is 13.8. The molecule has 6 heteroatoms. The van der Waals surface area contributed by atoms with Crippen molar-refractivity contribution in [2.45, 2.75) is 11.8 Å². The zero-order valence-corrected chi connectivity index (χ0v) is 12.1. The number of sulfonamides is 1. The number of hydrogen-bond donors (Lipinski definition) is 0. The summed E-state index contributed by atoms with van der Waals surface area (Å²) in [6, 6.07) is 11.7. The molecule has 2 aromatic rings. The highest BCUT2D eigenvalue weighted by molar-refractivity contribution is 7.90. The van der Waals surface area contributed by atoms with Crippen molar-refractivity contribution < 1.29 is 17.9 Å². The maximum Gasteiger partial charge on any atom is 0.282 e. The molecule has 0 aliphatic carbocycles. The third kappa shape index (κ3) is 2.90. The predicted octanol–water partition coefficient (Wildman–Crippen LogP) is 2.53. The number of aryl methyl sites for hydroxylation is 1. The van der Waals surface area contributed by atoms with Gasteiger partial charge in [-0.05, 0) is 42.8 Å². The van der Waals surface area contributed by atoms with Crippen molar-refractivity contribution in [3.05, 3.63) is 53.6 Å². The summed E-state index contributed by atoms with van der Waals surface area (Å²) in [6.07, 6.45) is 1.30. The molecule has 21 heavy (non-hydrogen) atoms. The first-order valence-electron chi connectivity index (χ1n) is 6.31. The van der Waals surface area contributed by atoms with Crippen molar-refractivity contribution in [3.63, 3.8) is 0 Å². The molecule has 1 aliphatic heterocycles. The van der Waals surface area contributed by atoms with Gasteiger partial charge in [-0.2, -0.15) is 12.8 Å². The van der Waals surface area contributed by atoms with Gasteiger partial charge in [0.05, 0.1) is 4.90 Å². The molecule has 0 amide bonds. The van der Waals surface area contributed by atoms with Crippen LogP contribution in [-0.2, 0) is 10.0 Å². The summed E-state index contributed by atoms with van der Waals surface area (Å²) in [7, 11) is -3.69. The first-order valence-corrected chi connectivity index (χ1v) is 7.75. The fourth-order valence-electron chi connectivity index (χ4n) is 1.89. The van der Waals surface area contributed by atoms with Gasteiger partial charge in [-0.15, -0.1) is 0 Å². The number of fused-ring (bicyclic) bond motifs is 1. The molecule has 0 bridgehead atoms. The van der Waals surface area contributed by atoms with Crippen LogP contribution in [0, 0.1) is 6.92 Å². The minimum Gasteiger partial charge on any atom is -0.454 e. The number of rotatable bonds is 3. The molecule has 0 spiro atoms. The summed E-state index contributed by atoms with van der Waals surface area (Å²) in [6.45, 7) is 2.07. The van der Waals surface area contributed by atoms with Gasteiger partial charge in [0.15, 0.2) is 11.5 Å². The van der Waals surface area contributed by atoms with Crippen molar-refractivity contribution >= 4 is 16.2 Å². The molecule has 0 fully saturated rings. The van der Waals surface area contributed by atoms with Crippen molar-refractivity contribution in [2.75, 3.05) is 6.79 Å². The molecule has 0 N–H and O–H groups in total. The minimum absolute atomic E-state index is 0.171. The molecule has 0 saturated carbocycles. The largest absolute Gasteiger partial charge is 0.454 e. The lowest BCUT2D eigenvalue weighted by Crippen LogP contribution is -1.97. The molecule has 0 aromatic heterocycles. The summed E-state index contributed by atoms with van der Waals surface area (Å²) in [4.78, 5) is 0.171. The highest BCUT2D eigenvalue weighted by atomic mass is 32.2. The summed E-state index contributed by atoms with van der Waals surface area (Å²) < 4.78 is 38.3. The van der Waals surface area contributed by atoms with Gasteiger partial charge in [0.2, 0.25) is 6.79 Å². The molecule has 0 unspecified atom stereocenters. The Morgan fingerprint density at radius 1 is 1.05 bits per heavy atom. The van der Waals surface area contributed by atoms with Crippen LogP contribution in [0.1, 0.15) is 11.1 Å². The van der Waals surface area contributed by atoms with E-state index in [0.29, 0.717) is 17.1 Å². The topological polar surface area (TPSA) is 65.0 Å². The fourth-order valence-corrected chi connectivity index (χ4v) is 2.76. The zero-order valence-electron chi connectivity index (χ0n) is 11.3. The Kier molecular flexibility index (Phi) is 3.39. The van der Waals surface area contributed by atoms with E-state index in [1.165, 1.54) is 6.21 Å². The molecule has 0 radical (unpaired) electrons. The van der Waals surface area contributed by atoms with E-state index < -0.39 is 10.0 Å². The van der Waals surface area contributed by atoms with Gasteiger partial charge in [0.1, 0.15) is 0 Å². The van der Waals surface area contributed by atoms with Crippen LogP contribution >= 0.6 is 0 Å². The summed E-state index contributed by atoms with van der Waals surface area (Å²) in [5, 5.41) is 0. The van der Waals surface area contributed by atoms with E-state index in [1.807, 2.05) is 6.92 Å². The van der Waals surface area contributed by atoms with Gasteiger partial charge < -0.3 is 9.47 Å². The fraction of sp³-hybridized carbons (Fsp3) is 0.133. The van der Waals surface area contributed by atoms with E-state index in [2.05, 4.69) is 4.40 Å². The third-order valence-electron chi connectivity index (χ3n) is 3.06. The number of ether oxygens (including phenoxy) is 2. The maximum absolute atomic E-state index is 12.1. The van der Waals surface area contributed by atoms with Gasteiger partial charge >= 0.3 is 0 Å². The van der Waals surface area contributed by atoms with Gasteiger partial charge in [0, 0.05) is 6.21 Å². The average molecular weight is 303 g/mol. The molecule has 3 rings (SSSR count). The van der Waals surface area contributed by atoms with Crippen LogP contribution in [0.25, 0.3) is 0 Å². The number of hydrogen-bond acceptors (Lipinski definition) is 4. The van der Waals surface area contributed by atoms with Gasteiger partial charge in [0.25, 0.3) is 10.0 Å². The standard InChI is InChI=1S/C15H13NO4S/c1-11-2-5-13(6-3-11)21(17,18)16-9-12-4-7-14-15(8-12)20-10-19-14/h2-9H,10H2,1H3. The van der Waals surface area contributed by atoms with E-state index in [4.69, 9.17) is 9.47 Å². The molecule has 1 heterocycles. The predicted molar refractivity (Wildman–Crippen MR) is 78.5 cm³/mol. The van der Waals surface area contributed by atoms with Crippen molar-refractivity contribution in [1.29, 1.82) is 0 Å². The van der Waals surface area contributed by atoms with Gasteiger partial charge in [-0.1, -0.05) is 17.7 Å². The lowest BCUT2D eigenvalue weighted by molar-refractivity contribution is 0.174. The van der Waals surface area contributed by atoms with Gasteiger partial charge in [-0.3, -0.25) is 0 Å². The van der Waals surface area contributed by atoms with Crippen molar-refractivity contribution in [2.24, 2.45) is 4.40 Å². The first-order chi connectivity index (χ1) is 10.0. The van der Waals surface area contributed by atoms with Gasteiger partial charge in [-0.25, -0.2) is 0 Å². The van der Waals surface area contributed by atoms with E-state index in [9.17, 15) is 8.42 Å². The van der Waals surface area contributed by atoms with E-state index in [-0.39, 0.29) is 11.7 Å². The molecule has 108 valence electrons. The van der Waals surface area contributed by atoms with Crippen LogP contribution in [0.3, 0.4) is 0 Å². The molecular weight excluding hydrogens is 290 g/mol. The smallest absolute Gasteiger partial charge is 0.282 e. The molecular formula is C15H13NO4S. The molecule has 5 nitrogen and oxygen atoms in total. The molecule has 2 aromatic carbocycles. The second-order valence-corrected chi connectivity index (χ2v) is 6.27. The second kappa shape index (κ2) is 5.21. The maximum atomic E-state index is 12.1. The quantitative estimate of drug-likeness (QED) is 0.817. The van der Waals surface area contributed by atoms with Crippen LogP contribution in [0.5, 0.6) is 11.5 Å². The lowest BCUT2D eigenvalue weighted by atomic mass is 10.2. The van der Waals surface area contributed by atoms with E-state index >= 15 is 0 Å². The monoisotopic (exact) mass is 303 g/mol. The summed E-state index contributed by atoms with van der Waals surface area (Å²) >= 11 is 0. The zero-order chi connectivity index (χ0) is 14.9. The molecule has 0 saturated heterocycles. The van der Waals surface area contributed by atoms with Crippen LogP contribution in [0.4, 0.5) is 0 Å². The molecule has 1 aliphatic rings. The van der Waals surface area contributed by atoms with Crippen LogP contribution in [0.2, 0.25) is 0 Å². The molecule has 0 atom stereocenters. The Hall–Kier alpha value is -2.34. The Balaban J connectivity index is 1.86. The second-order valence-electron chi connectivity index (χ2n) is 4.64. The van der Waals surface area contributed by atoms with Crippen LogP contribution in [-0.4, -0.2) is 21.4 Å². The first kappa shape index (κ1) is 13.6. The third-order valence-corrected chi connectivity index (χ3v) is 4.31. The van der Waals surface area contributed by atoms with Crippen molar-refractivity contribution in [1.82, 2.24) is 0 Å². The Morgan fingerprint density at radius 2 is 1.76 bits per heavy atom. The SMILES string of the molecule is Cc1ccc(S(=O)(=O)N=Cc2ccc3c(c2)OCO3)cc1. The summed E-state index contributed by atoms with van der Waals surface area (Å²) in [5.74, 6) is 1.24. The van der Waals surface area contributed by atoms with E-state index in [0.717, 1.165) is 5.56 Å². The van der Waals surface area contributed by atoms with Crippen LogP contribution in [0.15, 0.2) is 51.8 Å². The Labute approximate surface area is 122 Å². The van der Waals surface area contributed by atoms with Crippen molar-refractivity contribution in [3.8, 4) is 11.5 Å². The lowest BCUT2D eigenvalue weighted by Gasteiger charge is -2.00.